The van der Waals surface area contributed by atoms with Gasteiger partial charge in [0, 0.05) is 12.1 Å². The van der Waals surface area contributed by atoms with Crippen LogP contribution in [0.1, 0.15) is 22.2 Å². The van der Waals surface area contributed by atoms with Crippen LogP contribution in [0.4, 0.5) is 4.39 Å². The predicted octanol–water partition coefficient (Wildman–Crippen LogP) is 2.45. The number of hydrogen-bond donors (Lipinski definition) is 2. The minimum Gasteiger partial charge on any atom is -0.386 e. The summed E-state index contributed by atoms with van der Waals surface area (Å²) in [5, 5.41) is 12.4. The van der Waals surface area contributed by atoms with Crippen LogP contribution in [0.15, 0.2) is 47.1 Å². The monoisotopic (exact) mass is 338 g/mol. The van der Waals surface area contributed by atoms with Crippen LogP contribution >= 0.6 is 15.9 Å². The summed E-state index contributed by atoms with van der Waals surface area (Å²) in [5.41, 5.74) is 0.370. The lowest BCUT2D eigenvalue weighted by Crippen LogP contribution is -2.29. The number of aliphatic hydroxyl groups is 1. The Balaban J connectivity index is 1.99. The second-order valence-corrected chi connectivity index (χ2v) is 4.91. The Labute approximate surface area is 123 Å². The van der Waals surface area contributed by atoms with E-state index in [1.165, 1.54) is 18.2 Å². The number of rotatable bonds is 4. The van der Waals surface area contributed by atoms with E-state index in [0.717, 1.165) is 0 Å². The van der Waals surface area contributed by atoms with Crippen LogP contribution in [-0.4, -0.2) is 22.5 Å². The van der Waals surface area contributed by atoms with Crippen molar-refractivity contribution >= 4 is 21.8 Å². The molecular weight excluding hydrogens is 327 g/mol. The van der Waals surface area contributed by atoms with Crippen molar-refractivity contribution in [1.82, 2.24) is 10.3 Å². The molecule has 2 rings (SSSR count). The number of aromatic nitrogens is 1. The lowest BCUT2D eigenvalue weighted by atomic mass is 10.1. The van der Waals surface area contributed by atoms with Gasteiger partial charge in [0.1, 0.15) is 16.1 Å². The lowest BCUT2D eigenvalue weighted by Gasteiger charge is -2.12. The number of carbonyl (C=O) groups excluding carboxylic acids is 1. The number of nitrogens with one attached hydrogen (secondary N) is 1. The van der Waals surface area contributed by atoms with Crippen molar-refractivity contribution < 1.29 is 14.3 Å². The maximum absolute atomic E-state index is 13.4. The van der Waals surface area contributed by atoms with Crippen LogP contribution in [0.3, 0.4) is 0 Å². The molecule has 0 spiro atoms. The van der Waals surface area contributed by atoms with E-state index in [4.69, 9.17) is 0 Å². The van der Waals surface area contributed by atoms with Gasteiger partial charge in [-0.15, -0.1) is 0 Å². The highest BCUT2D eigenvalue weighted by Crippen LogP contribution is 2.15. The van der Waals surface area contributed by atoms with Gasteiger partial charge in [-0.25, -0.2) is 9.37 Å². The Morgan fingerprint density at radius 2 is 2.05 bits per heavy atom. The normalized spacial score (nSPS) is 11.9. The summed E-state index contributed by atoms with van der Waals surface area (Å²) in [4.78, 5) is 15.8. The van der Waals surface area contributed by atoms with Gasteiger partial charge in [-0.3, -0.25) is 4.79 Å². The van der Waals surface area contributed by atoms with E-state index in [1.807, 2.05) is 0 Å². The molecule has 1 unspecified atom stereocenters. The Hall–Kier alpha value is -1.79. The maximum atomic E-state index is 13.4. The molecule has 0 aliphatic carbocycles. The molecular formula is C14H12BrFN2O2. The Morgan fingerprint density at radius 3 is 2.75 bits per heavy atom. The average Bonchev–Trinajstić information content (AvgIpc) is 2.45. The summed E-state index contributed by atoms with van der Waals surface area (Å²) in [6, 6.07) is 10.8. The van der Waals surface area contributed by atoms with Gasteiger partial charge in [0.25, 0.3) is 5.91 Å². The molecule has 0 fully saturated rings. The van der Waals surface area contributed by atoms with Crippen molar-refractivity contribution in [2.24, 2.45) is 0 Å². The molecule has 1 aromatic heterocycles. The first-order chi connectivity index (χ1) is 9.58. The van der Waals surface area contributed by atoms with Crippen LogP contribution in [0.5, 0.6) is 0 Å². The number of hydrogen-bond acceptors (Lipinski definition) is 3. The molecule has 2 aromatic rings. The second kappa shape index (κ2) is 6.58. The molecule has 0 bridgehead atoms. The van der Waals surface area contributed by atoms with Gasteiger partial charge in [0.05, 0.1) is 6.10 Å². The van der Waals surface area contributed by atoms with Crippen molar-refractivity contribution in [3.8, 4) is 0 Å². The molecule has 1 heterocycles. The Bertz CT molecular complexity index is 622. The van der Waals surface area contributed by atoms with E-state index < -0.39 is 17.8 Å². The van der Waals surface area contributed by atoms with E-state index >= 15 is 0 Å². The molecule has 2 N–H and O–H groups in total. The molecule has 1 atom stereocenters. The molecule has 20 heavy (non-hydrogen) atoms. The summed E-state index contributed by atoms with van der Waals surface area (Å²) in [7, 11) is 0. The number of aliphatic hydroxyl groups excluding tert-OH is 1. The number of pyridine rings is 1. The molecule has 0 aliphatic rings. The third-order valence-corrected chi connectivity index (χ3v) is 3.11. The van der Waals surface area contributed by atoms with Gasteiger partial charge in [0.15, 0.2) is 0 Å². The highest BCUT2D eigenvalue weighted by atomic mass is 79.9. The molecule has 0 aliphatic heterocycles. The Morgan fingerprint density at radius 1 is 1.30 bits per heavy atom. The molecule has 0 saturated carbocycles. The fourth-order valence-electron chi connectivity index (χ4n) is 1.67. The molecule has 0 saturated heterocycles. The van der Waals surface area contributed by atoms with Crippen LogP contribution in [0, 0.1) is 5.82 Å². The highest BCUT2D eigenvalue weighted by molar-refractivity contribution is 9.10. The largest absolute Gasteiger partial charge is 0.386 e. The summed E-state index contributed by atoms with van der Waals surface area (Å²) in [5.74, 6) is -0.934. The third kappa shape index (κ3) is 3.61. The molecule has 1 amide bonds. The summed E-state index contributed by atoms with van der Waals surface area (Å²) in [6.07, 6.45) is -1.10. The van der Waals surface area contributed by atoms with Crippen LogP contribution in [-0.2, 0) is 0 Å². The number of nitrogens with zero attached hydrogens (tertiary/aromatic N) is 1. The second-order valence-electron chi connectivity index (χ2n) is 4.09. The van der Waals surface area contributed by atoms with E-state index in [-0.39, 0.29) is 17.8 Å². The topological polar surface area (TPSA) is 62.2 Å². The van der Waals surface area contributed by atoms with Gasteiger partial charge < -0.3 is 10.4 Å². The summed E-state index contributed by atoms with van der Waals surface area (Å²) >= 11 is 3.17. The molecule has 104 valence electrons. The SMILES string of the molecule is O=C(NCC(O)c1ccccc1F)c1cccc(Br)n1. The Kier molecular flexibility index (Phi) is 4.81. The van der Waals surface area contributed by atoms with Gasteiger partial charge in [-0.1, -0.05) is 24.3 Å². The minimum absolute atomic E-state index is 0.0893. The fourth-order valence-corrected chi connectivity index (χ4v) is 2.01. The third-order valence-electron chi connectivity index (χ3n) is 2.67. The van der Waals surface area contributed by atoms with E-state index in [1.54, 1.807) is 24.3 Å². The van der Waals surface area contributed by atoms with Crippen LogP contribution in [0.25, 0.3) is 0 Å². The average molecular weight is 339 g/mol. The van der Waals surface area contributed by atoms with E-state index in [9.17, 15) is 14.3 Å². The van der Waals surface area contributed by atoms with Gasteiger partial charge in [-0.2, -0.15) is 0 Å². The maximum Gasteiger partial charge on any atom is 0.270 e. The summed E-state index contributed by atoms with van der Waals surface area (Å²) in [6.45, 7) is -0.0893. The summed E-state index contributed by atoms with van der Waals surface area (Å²) < 4.78 is 14.0. The van der Waals surface area contributed by atoms with Crippen LogP contribution < -0.4 is 5.32 Å². The standard InChI is InChI=1S/C14H12BrFN2O2/c15-13-7-3-6-11(18-13)14(20)17-8-12(19)9-4-1-2-5-10(9)16/h1-7,12,19H,8H2,(H,17,20). The van der Waals surface area contributed by atoms with Crippen molar-refractivity contribution in [2.75, 3.05) is 6.54 Å². The molecule has 1 aromatic carbocycles. The van der Waals surface area contributed by atoms with Crippen molar-refractivity contribution in [3.05, 3.63) is 64.1 Å². The zero-order valence-corrected chi connectivity index (χ0v) is 12.0. The van der Waals surface area contributed by atoms with Gasteiger partial charge >= 0.3 is 0 Å². The number of amides is 1. The van der Waals surface area contributed by atoms with E-state index in [2.05, 4.69) is 26.2 Å². The van der Waals surface area contributed by atoms with Gasteiger partial charge in [0.2, 0.25) is 0 Å². The fraction of sp³-hybridized carbons (Fsp3) is 0.143. The zero-order chi connectivity index (χ0) is 14.5. The first-order valence-corrected chi connectivity index (χ1v) is 6.70. The first kappa shape index (κ1) is 14.6. The van der Waals surface area contributed by atoms with Crippen molar-refractivity contribution in [3.63, 3.8) is 0 Å². The lowest BCUT2D eigenvalue weighted by molar-refractivity contribution is 0.0909. The minimum atomic E-state index is -1.10. The number of carbonyl (C=O) groups is 1. The molecule has 4 nitrogen and oxygen atoms in total. The smallest absolute Gasteiger partial charge is 0.270 e. The van der Waals surface area contributed by atoms with Crippen LogP contribution in [0.2, 0.25) is 0 Å². The molecule has 6 heteroatoms. The molecule has 0 radical (unpaired) electrons. The van der Waals surface area contributed by atoms with E-state index in [0.29, 0.717) is 4.60 Å². The zero-order valence-electron chi connectivity index (χ0n) is 10.4. The van der Waals surface area contributed by atoms with Gasteiger partial charge in [-0.05, 0) is 34.1 Å². The van der Waals surface area contributed by atoms with Crippen molar-refractivity contribution in [2.45, 2.75) is 6.10 Å². The van der Waals surface area contributed by atoms with Crippen molar-refractivity contribution in [1.29, 1.82) is 0 Å². The number of halogens is 2. The quantitative estimate of drug-likeness (QED) is 0.841. The number of benzene rings is 1. The first-order valence-electron chi connectivity index (χ1n) is 5.91. The highest BCUT2D eigenvalue weighted by Gasteiger charge is 2.14. The predicted molar refractivity (Wildman–Crippen MR) is 75.6 cm³/mol.